The lowest BCUT2D eigenvalue weighted by Gasteiger charge is -2.42. The van der Waals surface area contributed by atoms with Crippen LogP contribution in [0.4, 0.5) is 5.82 Å². The number of para-hydroxylation sites is 1. The van der Waals surface area contributed by atoms with Crippen LogP contribution in [0.25, 0.3) is 5.95 Å². The Labute approximate surface area is 254 Å². The monoisotopic (exact) mass is 605 g/mol. The van der Waals surface area contributed by atoms with Gasteiger partial charge in [-0.3, -0.25) is 14.2 Å². The predicted molar refractivity (Wildman–Crippen MR) is 160 cm³/mol. The number of nitrogens with one attached hydrogen (secondary N) is 1. The van der Waals surface area contributed by atoms with Crippen molar-refractivity contribution >= 4 is 29.2 Å². The Hall–Kier alpha value is -4.84. The summed E-state index contributed by atoms with van der Waals surface area (Å²) < 4.78 is 18.0. The first-order chi connectivity index (χ1) is 20.9. The molecular weight excluding hydrogens is 574 g/mol. The van der Waals surface area contributed by atoms with Crippen LogP contribution in [0.5, 0.6) is 17.2 Å². The van der Waals surface area contributed by atoms with Gasteiger partial charge < -0.3 is 29.3 Å². The van der Waals surface area contributed by atoms with Crippen molar-refractivity contribution in [2.24, 2.45) is 0 Å². The molecule has 224 valence electrons. The number of amides is 2. The first-order valence-corrected chi connectivity index (χ1v) is 14.0. The van der Waals surface area contributed by atoms with Crippen LogP contribution < -0.4 is 24.4 Å². The van der Waals surface area contributed by atoms with Gasteiger partial charge in [-0.05, 0) is 29.8 Å². The van der Waals surface area contributed by atoms with Gasteiger partial charge in [0.05, 0.1) is 20.3 Å². The van der Waals surface area contributed by atoms with Crippen LogP contribution in [0.15, 0.2) is 73.3 Å². The molecular formula is C30H32ClN7O5. The molecule has 4 aromatic rings. The van der Waals surface area contributed by atoms with Crippen molar-refractivity contribution in [2.75, 3.05) is 45.4 Å². The Kier molecular flexibility index (Phi) is 9.57. The first-order valence-electron chi connectivity index (χ1n) is 13.7. The summed E-state index contributed by atoms with van der Waals surface area (Å²) in [5.74, 6) is 2.35. The van der Waals surface area contributed by atoms with E-state index in [-0.39, 0.29) is 36.0 Å². The van der Waals surface area contributed by atoms with Crippen molar-refractivity contribution in [1.29, 1.82) is 0 Å². The lowest BCUT2D eigenvalue weighted by atomic mass is 10.1. The summed E-state index contributed by atoms with van der Waals surface area (Å²) in [6.45, 7) is 1.34. The average Bonchev–Trinajstić information content (AvgIpc) is 3.58. The van der Waals surface area contributed by atoms with Crippen LogP contribution in [0.1, 0.15) is 12.0 Å². The standard InChI is InChI=1S/C30H32ClN7O5/c1-41-24-9-8-21(14-25(24)42-2)17-33-28(39)15-22-18-36(29(40)19-43-23-6-4-3-5-7-23)12-13-38(22)27-16-26(31)34-30(35-27)37-11-10-32-20-37/h3-11,14,16,20,22H,12-13,15,17-19H2,1-2H3,(H,33,39). The third-order valence-electron chi connectivity index (χ3n) is 7.00. The van der Waals surface area contributed by atoms with Crippen LogP contribution in [0, 0.1) is 0 Å². The number of halogens is 1. The van der Waals surface area contributed by atoms with E-state index in [9.17, 15) is 9.59 Å². The normalized spacial score (nSPS) is 14.7. The molecule has 3 heterocycles. The van der Waals surface area contributed by atoms with Gasteiger partial charge in [-0.2, -0.15) is 4.98 Å². The van der Waals surface area contributed by atoms with Crippen LogP contribution >= 0.6 is 11.6 Å². The van der Waals surface area contributed by atoms with Gasteiger partial charge in [0.25, 0.3) is 5.91 Å². The predicted octanol–water partition coefficient (Wildman–Crippen LogP) is 3.14. The third-order valence-corrected chi connectivity index (χ3v) is 7.19. The summed E-state index contributed by atoms with van der Waals surface area (Å²) >= 11 is 6.39. The molecule has 1 unspecified atom stereocenters. The molecule has 1 aliphatic rings. The SMILES string of the molecule is COc1ccc(CNC(=O)CC2CN(C(=O)COc3ccccc3)CCN2c2cc(Cl)nc(-n3ccnc3)n2)cc1OC. The van der Waals surface area contributed by atoms with Gasteiger partial charge in [0.2, 0.25) is 11.9 Å². The molecule has 5 rings (SSSR count). The molecule has 2 aromatic heterocycles. The molecule has 2 amide bonds. The summed E-state index contributed by atoms with van der Waals surface area (Å²) in [6.07, 6.45) is 5.03. The van der Waals surface area contributed by atoms with Crippen molar-refractivity contribution in [3.63, 3.8) is 0 Å². The Morgan fingerprint density at radius 1 is 1.02 bits per heavy atom. The smallest absolute Gasteiger partial charge is 0.260 e. The molecule has 13 heteroatoms. The van der Waals surface area contributed by atoms with E-state index < -0.39 is 0 Å². The zero-order chi connectivity index (χ0) is 30.2. The minimum absolute atomic E-state index is 0.105. The summed E-state index contributed by atoms with van der Waals surface area (Å²) in [4.78, 5) is 43.2. The maximum Gasteiger partial charge on any atom is 0.260 e. The Balaban J connectivity index is 1.31. The largest absolute Gasteiger partial charge is 0.493 e. The van der Waals surface area contributed by atoms with E-state index in [0.717, 1.165) is 5.56 Å². The topological polar surface area (TPSA) is 124 Å². The second kappa shape index (κ2) is 13.9. The van der Waals surface area contributed by atoms with E-state index in [1.807, 2.05) is 35.2 Å². The van der Waals surface area contributed by atoms with Gasteiger partial charge in [0.15, 0.2) is 18.1 Å². The quantitative estimate of drug-likeness (QED) is 0.257. The fourth-order valence-electron chi connectivity index (χ4n) is 4.82. The van der Waals surface area contributed by atoms with Crippen LogP contribution in [0.2, 0.25) is 5.15 Å². The minimum Gasteiger partial charge on any atom is -0.493 e. The molecule has 0 aliphatic carbocycles. The number of methoxy groups -OCH3 is 2. The van der Waals surface area contributed by atoms with E-state index in [4.69, 9.17) is 30.8 Å². The van der Waals surface area contributed by atoms with E-state index in [0.29, 0.717) is 55.2 Å². The van der Waals surface area contributed by atoms with Crippen molar-refractivity contribution in [3.8, 4) is 23.2 Å². The van der Waals surface area contributed by atoms with Crippen molar-refractivity contribution in [3.05, 3.63) is 84.0 Å². The van der Waals surface area contributed by atoms with E-state index in [1.54, 1.807) is 66.7 Å². The lowest BCUT2D eigenvalue weighted by molar-refractivity contribution is -0.134. The average molecular weight is 606 g/mol. The van der Waals surface area contributed by atoms with Crippen LogP contribution in [-0.4, -0.2) is 82.7 Å². The molecule has 0 spiro atoms. The van der Waals surface area contributed by atoms with Gasteiger partial charge in [0, 0.05) is 51.1 Å². The fourth-order valence-corrected chi connectivity index (χ4v) is 5.00. The van der Waals surface area contributed by atoms with Crippen molar-refractivity contribution in [1.82, 2.24) is 29.7 Å². The van der Waals surface area contributed by atoms with Crippen LogP contribution in [-0.2, 0) is 16.1 Å². The number of imidazole rings is 1. The fraction of sp³-hybridized carbons (Fsp3) is 0.300. The molecule has 43 heavy (non-hydrogen) atoms. The second-order valence-corrected chi connectivity index (χ2v) is 10.2. The highest BCUT2D eigenvalue weighted by Crippen LogP contribution is 2.28. The van der Waals surface area contributed by atoms with E-state index >= 15 is 0 Å². The number of ether oxygens (including phenoxy) is 3. The van der Waals surface area contributed by atoms with Gasteiger partial charge in [0.1, 0.15) is 23.0 Å². The molecule has 1 fully saturated rings. The molecule has 2 aromatic carbocycles. The zero-order valence-electron chi connectivity index (χ0n) is 23.9. The Morgan fingerprint density at radius 3 is 2.58 bits per heavy atom. The minimum atomic E-state index is -0.388. The number of nitrogens with zero attached hydrogens (tertiary/aromatic N) is 6. The highest BCUT2D eigenvalue weighted by molar-refractivity contribution is 6.29. The highest BCUT2D eigenvalue weighted by Gasteiger charge is 2.32. The molecule has 12 nitrogen and oxygen atoms in total. The molecule has 0 radical (unpaired) electrons. The summed E-state index contributed by atoms with van der Waals surface area (Å²) in [6, 6.07) is 15.9. The number of piperazine rings is 1. The Bertz CT molecular complexity index is 1540. The van der Waals surface area contributed by atoms with Crippen molar-refractivity contribution in [2.45, 2.75) is 19.0 Å². The summed E-state index contributed by atoms with van der Waals surface area (Å²) in [5.41, 5.74) is 0.855. The number of hydrogen-bond donors (Lipinski definition) is 1. The summed E-state index contributed by atoms with van der Waals surface area (Å²) in [5, 5.41) is 3.23. The molecule has 1 N–H and O–H groups in total. The van der Waals surface area contributed by atoms with Gasteiger partial charge in [-0.15, -0.1) is 0 Å². The molecule has 0 saturated carbocycles. The van der Waals surface area contributed by atoms with Gasteiger partial charge >= 0.3 is 0 Å². The molecule has 1 saturated heterocycles. The maximum atomic E-state index is 13.3. The van der Waals surface area contributed by atoms with E-state index in [2.05, 4.69) is 15.3 Å². The third kappa shape index (κ3) is 7.52. The van der Waals surface area contributed by atoms with Crippen LogP contribution in [0.3, 0.4) is 0 Å². The molecule has 1 aliphatic heterocycles. The highest BCUT2D eigenvalue weighted by atomic mass is 35.5. The summed E-state index contributed by atoms with van der Waals surface area (Å²) in [7, 11) is 3.13. The second-order valence-electron chi connectivity index (χ2n) is 9.78. The molecule has 0 bridgehead atoms. The van der Waals surface area contributed by atoms with E-state index in [1.165, 1.54) is 0 Å². The number of aromatic nitrogens is 4. The van der Waals surface area contributed by atoms with Gasteiger partial charge in [-0.1, -0.05) is 35.9 Å². The van der Waals surface area contributed by atoms with Crippen molar-refractivity contribution < 1.29 is 23.8 Å². The number of rotatable bonds is 11. The number of benzene rings is 2. The molecule has 1 atom stereocenters. The maximum absolute atomic E-state index is 13.3. The van der Waals surface area contributed by atoms with Gasteiger partial charge in [-0.25, -0.2) is 9.97 Å². The number of carbonyl (C=O) groups excluding carboxylic acids is 2. The number of anilines is 1. The number of carbonyl (C=O) groups is 2. The zero-order valence-corrected chi connectivity index (χ0v) is 24.6. The first kappa shape index (κ1) is 29.6. The lowest BCUT2D eigenvalue weighted by Crippen LogP contribution is -2.57. The number of hydrogen-bond acceptors (Lipinski definition) is 9. The Morgan fingerprint density at radius 2 is 1.84 bits per heavy atom.